The van der Waals surface area contributed by atoms with Crippen molar-refractivity contribution in [2.75, 3.05) is 7.05 Å². The molecule has 0 aliphatic carbocycles. The molecular weight excluding hydrogens is 288 g/mol. The zero-order valence-corrected chi connectivity index (χ0v) is 12.4. The highest BCUT2D eigenvalue weighted by Crippen LogP contribution is 2.17. The fraction of sp³-hybridized carbons (Fsp3) is 0.133. The first kappa shape index (κ1) is 15.2. The Bertz CT molecular complexity index is 725. The van der Waals surface area contributed by atoms with Crippen LogP contribution in [0.2, 0.25) is 0 Å². The molecule has 0 saturated carbocycles. The molecule has 2 aromatic carbocycles. The number of hydrogen-bond donors (Lipinski definition) is 1. The van der Waals surface area contributed by atoms with Crippen molar-refractivity contribution < 1.29 is 13.2 Å². The van der Waals surface area contributed by atoms with E-state index in [9.17, 15) is 13.2 Å². The predicted octanol–water partition coefficient (Wildman–Crippen LogP) is 1.61. The minimum Gasteiger partial charge on any atom is -0.366 e. The SMILES string of the molecule is CN(Cc1ccccc1)S(=O)(=O)c1ccc(C(N)=O)cc1. The van der Waals surface area contributed by atoms with Crippen LogP contribution in [0.1, 0.15) is 15.9 Å². The van der Waals surface area contributed by atoms with Crippen LogP contribution in [-0.2, 0) is 16.6 Å². The van der Waals surface area contributed by atoms with Crippen molar-refractivity contribution in [1.29, 1.82) is 0 Å². The molecule has 5 nitrogen and oxygen atoms in total. The molecule has 0 heterocycles. The number of benzene rings is 2. The number of nitrogens with two attached hydrogens (primary N) is 1. The Hall–Kier alpha value is -2.18. The van der Waals surface area contributed by atoms with Gasteiger partial charge in [0.1, 0.15) is 0 Å². The van der Waals surface area contributed by atoms with E-state index in [1.54, 1.807) is 0 Å². The number of primary amides is 1. The van der Waals surface area contributed by atoms with Crippen molar-refractivity contribution in [2.24, 2.45) is 5.73 Å². The molecule has 0 radical (unpaired) electrons. The fourth-order valence-electron chi connectivity index (χ4n) is 1.90. The van der Waals surface area contributed by atoms with Gasteiger partial charge >= 0.3 is 0 Å². The highest BCUT2D eigenvalue weighted by atomic mass is 32.2. The molecule has 21 heavy (non-hydrogen) atoms. The molecule has 110 valence electrons. The molecule has 2 aromatic rings. The van der Waals surface area contributed by atoms with Gasteiger partial charge in [0.2, 0.25) is 15.9 Å². The molecule has 0 unspecified atom stereocenters. The Labute approximate surface area is 124 Å². The molecule has 0 aliphatic heterocycles. The van der Waals surface area contributed by atoms with Crippen LogP contribution in [0.15, 0.2) is 59.5 Å². The van der Waals surface area contributed by atoms with Gasteiger partial charge in [0.25, 0.3) is 0 Å². The maximum absolute atomic E-state index is 12.4. The number of amides is 1. The molecule has 0 spiro atoms. The summed E-state index contributed by atoms with van der Waals surface area (Å²) in [5.74, 6) is -0.586. The Morgan fingerprint density at radius 3 is 2.14 bits per heavy atom. The van der Waals surface area contributed by atoms with Crippen LogP contribution in [0.5, 0.6) is 0 Å². The third-order valence-electron chi connectivity index (χ3n) is 3.10. The predicted molar refractivity (Wildman–Crippen MR) is 80.1 cm³/mol. The maximum atomic E-state index is 12.4. The Morgan fingerprint density at radius 1 is 1.05 bits per heavy atom. The number of nitrogens with zero attached hydrogens (tertiary/aromatic N) is 1. The van der Waals surface area contributed by atoms with Crippen LogP contribution < -0.4 is 5.73 Å². The summed E-state index contributed by atoms with van der Waals surface area (Å²) in [6.45, 7) is 0.279. The van der Waals surface area contributed by atoms with Crippen LogP contribution in [-0.4, -0.2) is 25.7 Å². The monoisotopic (exact) mass is 304 g/mol. The van der Waals surface area contributed by atoms with Crippen LogP contribution in [0.25, 0.3) is 0 Å². The lowest BCUT2D eigenvalue weighted by molar-refractivity contribution is 0.1000. The summed E-state index contributed by atoms with van der Waals surface area (Å²) < 4.78 is 26.1. The highest BCUT2D eigenvalue weighted by Gasteiger charge is 2.20. The summed E-state index contributed by atoms with van der Waals surface area (Å²) in [5.41, 5.74) is 6.31. The molecule has 2 N–H and O–H groups in total. The van der Waals surface area contributed by atoms with Crippen molar-refractivity contribution >= 4 is 15.9 Å². The number of rotatable bonds is 5. The van der Waals surface area contributed by atoms with E-state index >= 15 is 0 Å². The second kappa shape index (κ2) is 6.07. The van der Waals surface area contributed by atoms with Gasteiger partial charge < -0.3 is 5.73 Å². The van der Waals surface area contributed by atoms with Crippen LogP contribution >= 0.6 is 0 Å². The van der Waals surface area contributed by atoms with Crippen molar-refractivity contribution in [1.82, 2.24) is 4.31 Å². The highest BCUT2D eigenvalue weighted by molar-refractivity contribution is 7.89. The summed E-state index contributed by atoms with van der Waals surface area (Å²) in [6.07, 6.45) is 0. The minimum atomic E-state index is -3.60. The lowest BCUT2D eigenvalue weighted by Gasteiger charge is -2.17. The molecule has 2 rings (SSSR count). The number of hydrogen-bond acceptors (Lipinski definition) is 3. The molecule has 0 atom stereocenters. The van der Waals surface area contributed by atoms with Crippen molar-refractivity contribution in [3.8, 4) is 0 Å². The van der Waals surface area contributed by atoms with E-state index in [0.29, 0.717) is 0 Å². The number of carbonyl (C=O) groups excluding carboxylic acids is 1. The molecular formula is C15H16N2O3S. The third kappa shape index (κ3) is 3.48. The van der Waals surface area contributed by atoms with E-state index < -0.39 is 15.9 Å². The second-order valence-corrected chi connectivity index (χ2v) is 6.68. The minimum absolute atomic E-state index is 0.130. The average Bonchev–Trinajstić information content (AvgIpc) is 2.48. The van der Waals surface area contributed by atoms with Gasteiger partial charge in [0.15, 0.2) is 0 Å². The first-order valence-electron chi connectivity index (χ1n) is 6.31. The molecule has 0 bridgehead atoms. The van der Waals surface area contributed by atoms with Crippen molar-refractivity contribution in [3.63, 3.8) is 0 Å². The normalized spacial score (nSPS) is 11.5. The van der Waals surface area contributed by atoms with E-state index in [2.05, 4.69) is 0 Å². The molecule has 6 heteroatoms. The summed E-state index contributed by atoms with van der Waals surface area (Å²) in [5, 5.41) is 0. The first-order valence-corrected chi connectivity index (χ1v) is 7.75. The van der Waals surface area contributed by atoms with Gasteiger partial charge in [-0.2, -0.15) is 4.31 Å². The van der Waals surface area contributed by atoms with E-state index in [4.69, 9.17) is 5.73 Å². The van der Waals surface area contributed by atoms with E-state index in [1.807, 2.05) is 30.3 Å². The lowest BCUT2D eigenvalue weighted by atomic mass is 10.2. The largest absolute Gasteiger partial charge is 0.366 e. The summed E-state index contributed by atoms with van der Waals surface area (Å²) in [4.78, 5) is 11.1. The maximum Gasteiger partial charge on any atom is 0.248 e. The standard InChI is InChI=1S/C15H16N2O3S/c1-17(11-12-5-3-2-4-6-12)21(19,20)14-9-7-13(8-10-14)15(16)18/h2-10H,11H2,1H3,(H2,16,18). The van der Waals surface area contributed by atoms with Gasteiger partial charge in [-0.3, -0.25) is 4.79 Å². The summed E-state index contributed by atoms with van der Waals surface area (Å²) >= 11 is 0. The fourth-order valence-corrected chi connectivity index (χ4v) is 3.06. The Morgan fingerprint density at radius 2 is 1.62 bits per heavy atom. The smallest absolute Gasteiger partial charge is 0.248 e. The molecule has 0 aromatic heterocycles. The van der Waals surface area contributed by atoms with Crippen LogP contribution in [0.4, 0.5) is 0 Å². The third-order valence-corrected chi connectivity index (χ3v) is 4.91. The van der Waals surface area contributed by atoms with Crippen LogP contribution in [0, 0.1) is 0 Å². The van der Waals surface area contributed by atoms with Gasteiger partial charge in [-0.15, -0.1) is 0 Å². The molecule has 1 amide bonds. The quantitative estimate of drug-likeness (QED) is 0.911. The molecule has 0 aliphatic rings. The summed E-state index contributed by atoms with van der Waals surface area (Å²) in [7, 11) is -2.08. The van der Waals surface area contributed by atoms with Gasteiger partial charge in [0.05, 0.1) is 4.90 Å². The van der Waals surface area contributed by atoms with E-state index in [-0.39, 0.29) is 17.0 Å². The average molecular weight is 304 g/mol. The Balaban J connectivity index is 2.22. The zero-order chi connectivity index (χ0) is 15.5. The number of sulfonamides is 1. The van der Waals surface area contributed by atoms with E-state index in [0.717, 1.165) is 5.56 Å². The second-order valence-electron chi connectivity index (χ2n) is 4.64. The number of carbonyl (C=O) groups is 1. The summed E-state index contributed by atoms with van der Waals surface area (Å²) in [6, 6.07) is 14.9. The van der Waals surface area contributed by atoms with Crippen LogP contribution in [0.3, 0.4) is 0 Å². The topological polar surface area (TPSA) is 80.5 Å². The van der Waals surface area contributed by atoms with Gasteiger partial charge in [0, 0.05) is 19.2 Å². The Kier molecular flexibility index (Phi) is 4.40. The van der Waals surface area contributed by atoms with E-state index in [1.165, 1.54) is 35.6 Å². The lowest BCUT2D eigenvalue weighted by Crippen LogP contribution is -2.26. The van der Waals surface area contributed by atoms with Crippen molar-refractivity contribution in [3.05, 3.63) is 65.7 Å². The van der Waals surface area contributed by atoms with Gasteiger partial charge in [-0.1, -0.05) is 30.3 Å². The zero-order valence-electron chi connectivity index (χ0n) is 11.6. The van der Waals surface area contributed by atoms with Crippen molar-refractivity contribution in [2.45, 2.75) is 11.4 Å². The van der Waals surface area contributed by atoms with Gasteiger partial charge in [-0.25, -0.2) is 8.42 Å². The molecule has 0 fully saturated rings. The van der Waals surface area contributed by atoms with Gasteiger partial charge in [-0.05, 0) is 29.8 Å². The molecule has 0 saturated heterocycles. The first-order chi connectivity index (χ1) is 9.91.